The summed E-state index contributed by atoms with van der Waals surface area (Å²) in [6, 6.07) is 10.2. The van der Waals surface area contributed by atoms with Gasteiger partial charge in [-0.25, -0.2) is 0 Å². The summed E-state index contributed by atoms with van der Waals surface area (Å²) in [7, 11) is 1.60. The van der Waals surface area contributed by atoms with Crippen LogP contribution in [0.15, 0.2) is 47.4 Å². The first-order valence-corrected chi connectivity index (χ1v) is 6.88. The molecule has 0 bridgehead atoms. The number of anilines is 1. The van der Waals surface area contributed by atoms with Gasteiger partial charge in [0, 0.05) is 18.9 Å². The largest absolute Gasteiger partial charge is 0.322 e. The van der Waals surface area contributed by atoms with Crippen LogP contribution in [0.5, 0.6) is 0 Å². The van der Waals surface area contributed by atoms with Gasteiger partial charge >= 0.3 is 0 Å². The van der Waals surface area contributed by atoms with Gasteiger partial charge < -0.3 is 9.88 Å². The molecule has 2 aromatic heterocycles. The average molecular weight is 310 g/mol. The summed E-state index contributed by atoms with van der Waals surface area (Å²) in [5.41, 5.74) is 0.996. The maximum Gasteiger partial charge on any atom is 0.263 e. The van der Waals surface area contributed by atoms with E-state index in [1.54, 1.807) is 49.1 Å². The lowest BCUT2D eigenvalue weighted by Gasteiger charge is -2.08. The van der Waals surface area contributed by atoms with E-state index in [0.29, 0.717) is 17.2 Å². The van der Waals surface area contributed by atoms with Crippen molar-refractivity contribution in [3.8, 4) is 5.69 Å². The molecule has 0 aliphatic carbocycles. The second-order valence-electron chi connectivity index (χ2n) is 4.98. The first-order valence-electron chi connectivity index (χ1n) is 6.88. The third-order valence-corrected chi connectivity index (χ3v) is 3.34. The fraction of sp³-hybridized carbons (Fsp3) is 0.133. The topological polar surface area (TPSA) is 94.7 Å². The van der Waals surface area contributed by atoms with E-state index in [2.05, 4.69) is 20.8 Å². The Bertz CT molecular complexity index is 927. The Morgan fingerprint density at radius 1 is 1.22 bits per heavy atom. The molecule has 3 rings (SSSR count). The van der Waals surface area contributed by atoms with Crippen molar-refractivity contribution < 1.29 is 4.79 Å². The minimum absolute atomic E-state index is 0.0824. The van der Waals surface area contributed by atoms with Crippen molar-refractivity contribution in [2.45, 2.75) is 6.92 Å². The Balaban J connectivity index is 1.89. The molecule has 23 heavy (non-hydrogen) atoms. The molecule has 0 radical (unpaired) electrons. The number of carbonyl (C=O) groups is 1. The number of rotatable bonds is 3. The fourth-order valence-corrected chi connectivity index (χ4v) is 2.15. The monoisotopic (exact) mass is 310 g/mol. The first-order chi connectivity index (χ1) is 11.1. The number of pyridine rings is 1. The molecule has 1 N–H and O–H groups in total. The molecule has 0 unspecified atom stereocenters. The van der Waals surface area contributed by atoms with Gasteiger partial charge in [0.1, 0.15) is 5.56 Å². The molecular formula is C15H14N6O2. The molecule has 0 fully saturated rings. The highest BCUT2D eigenvalue weighted by atomic mass is 16.2. The number of benzene rings is 1. The quantitative estimate of drug-likeness (QED) is 0.776. The zero-order valence-corrected chi connectivity index (χ0v) is 12.6. The number of carbonyl (C=O) groups excluding carboxylic acids is 1. The summed E-state index contributed by atoms with van der Waals surface area (Å²) >= 11 is 0. The maximum absolute atomic E-state index is 12.3. The van der Waals surface area contributed by atoms with Gasteiger partial charge in [0.2, 0.25) is 0 Å². The van der Waals surface area contributed by atoms with E-state index in [1.807, 2.05) is 6.07 Å². The summed E-state index contributed by atoms with van der Waals surface area (Å²) in [4.78, 5) is 24.3. The van der Waals surface area contributed by atoms with Crippen LogP contribution in [0, 0.1) is 6.92 Å². The highest BCUT2D eigenvalue weighted by Gasteiger charge is 2.12. The molecule has 0 atom stereocenters. The van der Waals surface area contributed by atoms with Gasteiger partial charge in [0.15, 0.2) is 5.82 Å². The Labute approximate surface area is 131 Å². The number of tetrazole rings is 1. The smallest absolute Gasteiger partial charge is 0.263 e. The second-order valence-corrected chi connectivity index (χ2v) is 4.98. The molecule has 0 aliphatic rings. The predicted octanol–water partition coefficient (Wildman–Crippen LogP) is 0.922. The molecule has 2 heterocycles. The summed E-state index contributed by atoms with van der Waals surface area (Å²) in [5, 5.41) is 14.0. The van der Waals surface area contributed by atoms with E-state index in [0.717, 1.165) is 0 Å². The van der Waals surface area contributed by atoms with E-state index in [9.17, 15) is 9.59 Å². The van der Waals surface area contributed by atoms with Gasteiger partial charge in [-0.15, -0.1) is 5.10 Å². The Kier molecular flexibility index (Phi) is 3.71. The highest BCUT2D eigenvalue weighted by molar-refractivity contribution is 6.04. The van der Waals surface area contributed by atoms with Crippen LogP contribution in [-0.2, 0) is 7.05 Å². The first kappa shape index (κ1) is 14.6. The number of amides is 1. The molecule has 8 heteroatoms. The lowest BCUT2D eigenvalue weighted by molar-refractivity contribution is 0.102. The molecule has 0 saturated heterocycles. The SMILES string of the molecule is Cc1nnnn1-c1cccc(NC(=O)c2cccn(C)c2=O)c1. The lowest BCUT2D eigenvalue weighted by Crippen LogP contribution is -2.27. The van der Waals surface area contributed by atoms with Crippen LogP contribution in [0.1, 0.15) is 16.2 Å². The van der Waals surface area contributed by atoms with Gasteiger partial charge in [-0.1, -0.05) is 6.07 Å². The van der Waals surface area contributed by atoms with Crippen LogP contribution in [-0.4, -0.2) is 30.7 Å². The zero-order chi connectivity index (χ0) is 16.4. The van der Waals surface area contributed by atoms with Crippen LogP contribution < -0.4 is 10.9 Å². The fourth-order valence-electron chi connectivity index (χ4n) is 2.15. The predicted molar refractivity (Wildman–Crippen MR) is 83.5 cm³/mol. The number of aromatic nitrogens is 5. The maximum atomic E-state index is 12.3. The molecule has 3 aromatic rings. The number of nitrogens with one attached hydrogen (secondary N) is 1. The summed E-state index contributed by atoms with van der Waals surface area (Å²) in [6.45, 7) is 1.78. The third-order valence-electron chi connectivity index (χ3n) is 3.34. The van der Waals surface area contributed by atoms with Gasteiger partial charge in [-0.2, -0.15) is 4.68 Å². The molecule has 8 nitrogen and oxygen atoms in total. The molecule has 1 amide bonds. The molecule has 0 saturated carbocycles. The average Bonchev–Trinajstić information content (AvgIpc) is 2.96. The van der Waals surface area contributed by atoms with Crippen molar-refractivity contribution >= 4 is 11.6 Å². The van der Waals surface area contributed by atoms with Crippen LogP contribution in [0.2, 0.25) is 0 Å². The van der Waals surface area contributed by atoms with Crippen molar-refractivity contribution in [3.05, 3.63) is 64.3 Å². The van der Waals surface area contributed by atoms with Gasteiger partial charge in [0.05, 0.1) is 5.69 Å². The Hall–Kier alpha value is -3.29. The second kappa shape index (κ2) is 5.84. The van der Waals surface area contributed by atoms with Gasteiger partial charge in [-0.3, -0.25) is 9.59 Å². The van der Waals surface area contributed by atoms with E-state index < -0.39 is 5.91 Å². The molecule has 116 valence electrons. The minimum Gasteiger partial charge on any atom is -0.322 e. The molecule has 1 aromatic carbocycles. The van der Waals surface area contributed by atoms with E-state index >= 15 is 0 Å². The van der Waals surface area contributed by atoms with Crippen LogP contribution in [0.4, 0.5) is 5.69 Å². The normalized spacial score (nSPS) is 10.5. The van der Waals surface area contributed by atoms with E-state index in [4.69, 9.17) is 0 Å². The van der Waals surface area contributed by atoms with Crippen molar-refractivity contribution in [3.63, 3.8) is 0 Å². The summed E-state index contributed by atoms with van der Waals surface area (Å²) < 4.78 is 2.91. The van der Waals surface area contributed by atoms with Gasteiger partial charge in [-0.05, 0) is 47.7 Å². The molecule has 0 spiro atoms. The van der Waals surface area contributed by atoms with Crippen LogP contribution in [0.25, 0.3) is 5.69 Å². The van der Waals surface area contributed by atoms with Gasteiger partial charge in [0.25, 0.3) is 11.5 Å². The molecule has 0 aliphatic heterocycles. The summed E-state index contributed by atoms with van der Waals surface area (Å²) in [5.74, 6) is 0.169. The zero-order valence-electron chi connectivity index (χ0n) is 12.6. The third kappa shape index (κ3) is 2.86. The standard InChI is InChI=1S/C15H14N6O2/c1-10-17-18-19-21(10)12-6-3-5-11(9-12)16-14(22)13-7-4-8-20(2)15(13)23/h3-9H,1-2H3,(H,16,22). The van der Waals surface area contributed by atoms with Crippen molar-refractivity contribution in [1.29, 1.82) is 0 Å². The van der Waals surface area contributed by atoms with E-state index in [-0.39, 0.29) is 11.1 Å². The Morgan fingerprint density at radius 3 is 2.78 bits per heavy atom. The van der Waals surface area contributed by atoms with Crippen LogP contribution >= 0.6 is 0 Å². The van der Waals surface area contributed by atoms with Crippen LogP contribution in [0.3, 0.4) is 0 Å². The summed E-state index contributed by atoms with van der Waals surface area (Å²) in [6.07, 6.45) is 1.60. The van der Waals surface area contributed by atoms with Crippen molar-refractivity contribution in [2.24, 2.45) is 7.05 Å². The number of hydrogen-bond donors (Lipinski definition) is 1. The number of hydrogen-bond acceptors (Lipinski definition) is 5. The number of nitrogens with zero attached hydrogens (tertiary/aromatic N) is 5. The number of aryl methyl sites for hydroxylation is 2. The molecular weight excluding hydrogens is 296 g/mol. The Morgan fingerprint density at radius 2 is 2.04 bits per heavy atom. The van der Waals surface area contributed by atoms with Crippen molar-refractivity contribution in [2.75, 3.05) is 5.32 Å². The van der Waals surface area contributed by atoms with Crippen molar-refractivity contribution in [1.82, 2.24) is 24.8 Å². The minimum atomic E-state index is -0.461. The lowest BCUT2D eigenvalue weighted by atomic mass is 10.2. The highest BCUT2D eigenvalue weighted by Crippen LogP contribution is 2.15. The van der Waals surface area contributed by atoms with E-state index in [1.165, 1.54) is 10.6 Å².